The number of nitrogens with one attached hydrogen (secondary N) is 1. The summed E-state index contributed by atoms with van der Waals surface area (Å²) in [6, 6.07) is 16.8. The summed E-state index contributed by atoms with van der Waals surface area (Å²) >= 11 is 0. The Kier molecular flexibility index (Phi) is 4.78. The first-order valence-electron chi connectivity index (χ1n) is 11.9. The lowest BCUT2D eigenvalue weighted by atomic mass is 10.0. The molecule has 6 rings (SSSR count). The van der Waals surface area contributed by atoms with Gasteiger partial charge in [-0.2, -0.15) is 0 Å². The van der Waals surface area contributed by atoms with Crippen LogP contribution in [0.25, 0.3) is 10.9 Å². The van der Waals surface area contributed by atoms with Crippen LogP contribution in [-0.4, -0.2) is 31.2 Å². The molecule has 0 bridgehead atoms. The van der Waals surface area contributed by atoms with E-state index in [9.17, 15) is 4.79 Å². The topological polar surface area (TPSA) is 79.7 Å². The number of benzene rings is 2. The molecule has 1 aliphatic heterocycles. The molecular formula is C26H28N6O. The number of tetrazole rings is 1. The molecule has 1 aliphatic carbocycles. The minimum absolute atomic E-state index is 0.0839. The smallest absolute Gasteiger partial charge is 0.254 e. The quantitative estimate of drug-likeness (QED) is 0.506. The lowest BCUT2D eigenvalue weighted by Gasteiger charge is -2.34. The molecule has 4 aromatic rings. The number of nitrogens with zero attached hydrogens (tertiary/aromatic N) is 5. The fraction of sp³-hybridized carbons (Fsp3) is 0.385. The van der Waals surface area contributed by atoms with Gasteiger partial charge >= 0.3 is 0 Å². The normalized spacial score (nSPS) is 19.3. The number of hydrogen-bond acceptors (Lipinski definition) is 5. The van der Waals surface area contributed by atoms with Gasteiger partial charge in [-0.25, -0.2) is 4.68 Å². The van der Waals surface area contributed by atoms with Crippen molar-refractivity contribution in [3.63, 3.8) is 0 Å². The highest BCUT2D eigenvalue weighted by molar-refractivity contribution is 5.82. The summed E-state index contributed by atoms with van der Waals surface area (Å²) in [6.07, 6.45) is 5.46. The Morgan fingerprint density at radius 2 is 1.91 bits per heavy atom. The van der Waals surface area contributed by atoms with E-state index in [4.69, 9.17) is 0 Å². The minimum atomic E-state index is -0.368. The maximum absolute atomic E-state index is 13.6. The molecule has 7 heteroatoms. The number of H-pyrrole nitrogens is 1. The van der Waals surface area contributed by atoms with Crippen molar-refractivity contribution in [2.24, 2.45) is 0 Å². The number of pyridine rings is 1. The van der Waals surface area contributed by atoms with Crippen molar-refractivity contribution in [2.45, 2.75) is 64.1 Å². The number of aromatic amines is 1. The lowest BCUT2D eigenvalue weighted by Crippen LogP contribution is -2.39. The fourth-order valence-corrected chi connectivity index (χ4v) is 5.79. The van der Waals surface area contributed by atoms with Gasteiger partial charge in [-0.05, 0) is 72.2 Å². The van der Waals surface area contributed by atoms with E-state index in [2.05, 4.69) is 62.7 Å². The summed E-state index contributed by atoms with van der Waals surface area (Å²) < 4.78 is 1.99. The summed E-state index contributed by atoms with van der Waals surface area (Å²) in [6.45, 7) is 4.24. The number of aromatic nitrogens is 5. The summed E-state index contributed by atoms with van der Waals surface area (Å²) in [5, 5.41) is 14.1. The number of para-hydroxylation sites is 2. The zero-order chi connectivity index (χ0) is 22.5. The molecule has 1 N–H and O–H groups in total. The van der Waals surface area contributed by atoms with Crippen LogP contribution >= 0.6 is 0 Å². The van der Waals surface area contributed by atoms with Gasteiger partial charge in [0.05, 0.1) is 11.6 Å². The van der Waals surface area contributed by atoms with Crippen LogP contribution in [0, 0.1) is 6.92 Å². The Labute approximate surface area is 192 Å². The first-order valence-corrected chi connectivity index (χ1v) is 11.9. The van der Waals surface area contributed by atoms with Crippen molar-refractivity contribution >= 4 is 16.6 Å². The summed E-state index contributed by atoms with van der Waals surface area (Å²) in [5.74, 6) is 0.753. The van der Waals surface area contributed by atoms with Gasteiger partial charge in [0.2, 0.25) is 0 Å². The Bertz CT molecular complexity index is 1380. The predicted octanol–water partition coefficient (Wildman–Crippen LogP) is 4.48. The molecule has 3 heterocycles. The van der Waals surface area contributed by atoms with Crippen LogP contribution in [0.1, 0.15) is 67.2 Å². The molecule has 1 fully saturated rings. The molecule has 0 spiro atoms. The second-order valence-electron chi connectivity index (χ2n) is 9.50. The zero-order valence-electron chi connectivity index (χ0n) is 19.0. The summed E-state index contributed by atoms with van der Waals surface area (Å²) in [5.41, 5.74) is 4.99. The van der Waals surface area contributed by atoms with Crippen LogP contribution < -0.4 is 10.5 Å². The fourth-order valence-electron chi connectivity index (χ4n) is 5.79. The van der Waals surface area contributed by atoms with Crippen LogP contribution in [0.5, 0.6) is 0 Å². The Balaban J connectivity index is 1.59. The highest BCUT2D eigenvalue weighted by Crippen LogP contribution is 2.42. The molecule has 168 valence electrons. The number of fused-ring (bicyclic) bond motifs is 2. The third-order valence-electron chi connectivity index (χ3n) is 7.38. The average Bonchev–Trinajstić information content (AvgIpc) is 3.55. The number of hydrogen-bond donors (Lipinski definition) is 1. The second kappa shape index (κ2) is 7.83. The van der Waals surface area contributed by atoms with E-state index in [1.807, 2.05) is 29.8 Å². The third kappa shape index (κ3) is 3.25. The van der Waals surface area contributed by atoms with Crippen LogP contribution in [0.15, 0.2) is 53.3 Å². The van der Waals surface area contributed by atoms with Crippen molar-refractivity contribution in [2.75, 3.05) is 4.90 Å². The zero-order valence-corrected chi connectivity index (χ0v) is 19.0. The van der Waals surface area contributed by atoms with Crippen molar-refractivity contribution in [3.05, 3.63) is 81.4 Å². The molecule has 7 nitrogen and oxygen atoms in total. The molecule has 0 unspecified atom stereocenters. The van der Waals surface area contributed by atoms with Gasteiger partial charge in [0.25, 0.3) is 5.56 Å². The van der Waals surface area contributed by atoms with E-state index in [1.165, 1.54) is 18.4 Å². The van der Waals surface area contributed by atoms with Crippen molar-refractivity contribution in [1.29, 1.82) is 0 Å². The molecule has 2 aromatic heterocycles. The SMILES string of the molecule is Cc1cccc2cc([C@@H](c3nnnn3C3CCCC3)N3c4ccccc4C[C@@H]3C)c(=O)[nH]c12. The molecule has 2 atom stereocenters. The lowest BCUT2D eigenvalue weighted by molar-refractivity contribution is 0.423. The van der Waals surface area contributed by atoms with E-state index in [-0.39, 0.29) is 23.7 Å². The largest absolute Gasteiger partial charge is 0.354 e. The standard InChI is InChI=1S/C26H28N6O/c1-16-8-7-10-19-15-21(26(33)27-23(16)19)24(25-28-29-30-32(25)20-11-4-5-12-20)31-17(2)14-18-9-3-6-13-22(18)31/h3,6-10,13,15,17,20,24H,4-5,11-12,14H2,1-2H3,(H,27,33)/t17-,24-/m0/s1. The van der Waals surface area contributed by atoms with Gasteiger partial charge in [-0.15, -0.1) is 5.10 Å². The molecule has 0 amide bonds. The molecule has 0 saturated heterocycles. The van der Waals surface area contributed by atoms with Crippen molar-refractivity contribution < 1.29 is 0 Å². The van der Waals surface area contributed by atoms with Gasteiger partial charge < -0.3 is 9.88 Å². The number of anilines is 1. The van der Waals surface area contributed by atoms with E-state index >= 15 is 0 Å². The van der Waals surface area contributed by atoms with Crippen LogP contribution in [-0.2, 0) is 6.42 Å². The maximum Gasteiger partial charge on any atom is 0.254 e. The number of aryl methyl sites for hydroxylation is 1. The second-order valence-corrected chi connectivity index (χ2v) is 9.50. The third-order valence-corrected chi connectivity index (χ3v) is 7.38. The van der Waals surface area contributed by atoms with Crippen LogP contribution in [0.3, 0.4) is 0 Å². The Morgan fingerprint density at radius 1 is 1.09 bits per heavy atom. The van der Waals surface area contributed by atoms with Gasteiger partial charge in [0.15, 0.2) is 5.82 Å². The maximum atomic E-state index is 13.6. The minimum Gasteiger partial charge on any atom is -0.354 e. The van der Waals surface area contributed by atoms with E-state index in [1.54, 1.807) is 0 Å². The number of rotatable bonds is 4. The predicted molar refractivity (Wildman–Crippen MR) is 129 cm³/mol. The molecule has 0 radical (unpaired) electrons. The van der Waals surface area contributed by atoms with E-state index < -0.39 is 0 Å². The Morgan fingerprint density at radius 3 is 2.76 bits per heavy atom. The Hall–Kier alpha value is -3.48. The van der Waals surface area contributed by atoms with Crippen LogP contribution in [0.4, 0.5) is 5.69 Å². The van der Waals surface area contributed by atoms with Gasteiger partial charge in [0, 0.05) is 17.3 Å². The van der Waals surface area contributed by atoms with Gasteiger partial charge in [-0.1, -0.05) is 49.2 Å². The molecule has 33 heavy (non-hydrogen) atoms. The average molecular weight is 441 g/mol. The first-order chi connectivity index (χ1) is 16.1. The van der Waals surface area contributed by atoms with Crippen molar-refractivity contribution in [3.8, 4) is 0 Å². The highest BCUT2D eigenvalue weighted by atomic mass is 16.1. The summed E-state index contributed by atoms with van der Waals surface area (Å²) in [4.78, 5) is 19.1. The van der Waals surface area contributed by atoms with Gasteiger partial charge in [0.1, 0.15) is 6.04 Å². The highest BCUT2D eigenvalue weighted by Gasteiger charge is 2.39. The first kappa shape index (κ1) is 20.1. The van der Waals surface area contributed by atoms with Gasteiger partial charge in [-0.3, -0.25) is 4.79 Å². The van der Waals surface area contributed by atoms with Crippen molar-refractivity contribution in [1.82, 2.24) is 25.2 Å². The summed E-state index contributed by atoms with van der Waals surface area (Å²) in [7, 11) is 0. The monoisotopic (exact) mass is 440 g/mol. The van der Waals surface area contributed by atoms with Crippen LogP contribution in [0.2, 0.25) is 0 Å². The van der Waals surface area contributed by atoms with E-state index in [0.29, 0.717) is 5.56 Å². The molecule has 1 saturated carbocycles. The molecule has 2 aromatic carbocycles. The molecular weight excluding hydrogens is 412 g/mol. The van der Waals surface area contributed by atoms with E-state index in [0.717, 1.165) is 47.2 Å². The molecule has 2 aliphatic rings.